The van der Waals surface area contributed by atoms with E-state index in [1.165, 1.54) is 0 Å². The summed E-state index contributed by atoms with van der Waals surface area (Å²) in [4.78, 5) is 26.3. The molecule has 160 valence electrons. The summed E-state index contributed by atoms with van der Waals surface area (Å²) in [5.74, 6) is -0.189. The van der Waals surface area contributed by atoms with Crippen molar-refractivity contribution in [2.24, 2.45) is 0 Å². The number of rotatable bonds is 9. The minimum atomic E-state index is -0.101. The van der Waals surface area contributed by atoms with Gasteiger partial charge < -0.3 is 15.5 Å². The Kier molecular flexibility index (Phi) is 7.96. The first-order valence-corrected chi connectivity index (χ1v) is 10.7. The SMILES string of the molecule is CCC[NH+](CC(=O)Nc1ccccc1C)CC(=O)Nc1ccccc1-c1ccccc1. The normalized spacial score (nSPS) is 11.5. The Morgan fingerprint density at radius 1 is 0.742 bits per heavy atom. The molecule has 3 rings (SSSR count). The van der Waals surface area contributed by atoms with Gasteiger partial charge in [-0.1, -0.05) is 73.7 Å². The minimum absolute atomic E-state index is 0.0877. The number of hydrogen-bond donors (Lipinski definition) is 3. The number of nitrogens with one attached hydrogen (secondary N) is 3. The monoisotopic (exact) mass is 416 g/mol. The number of carbonyl (C=O) groups is 2. The molecular weight excluding hydrogens is 386 g/mol. The van der Waals surface area contributed by atoms with E-state index in [9.17, 15) is 9.59 Å². The zero-order chi connectivity index (χ0) is 22.1. The summed E-state index contributed by atoms with van der Waals surface area (Å²) >= 11 is 0. The molecule has 5 heteroatoms. The first-order valence-electron chi connectivity index (χ1n) is 10.7. The Bertz CT molecular complexity index is 1020. The predicted octanol–water partition coefficient (Wildman–Crippen LogP) is 3.53. The molecule has 5 nitrogen and oxygen atoms in total. The molecule has 0 aliphatic carbocycles. The molecule has 0 fully saturated rings. The van der Waals surface area contributed by atoms with E-state index in [0.29, 0.717) is 0 Å². The maximum Gasteiger partial charge on any atom is 0.279 e. The van der Waals surface area contributed by atoms with Gasteiger partial charge in [-0.3, -0.25) is 9.59 Å². The molecule has 0 saturated heterocycles. The van der Waals surface area contributed by atoms with Gasteiger partial charge in [-0.15, -0.1) is 0 Å². The quantitative estimate of drug-likeness (QED) is 0.500. The van der Waals surface area contributed by atoms with Crippen molar-refractivity contribution in [3.05, 3.63) is 84.4 Å². The van der Waals surface area contributed by atoms with Crippen molar-refractivity contribution in [2.75, 3.05) is 30.3 Å². The first-order chi connectivity index (χ1) is 15.1. The molecule has 3 aromatic rings. The van der Waals surface area contributed by atoms with Gasteiger partial charge in [0.25, 0.3) is 11.8 Å². The Morgan fingerprint density at radius 2 is 1.29 bits per heavy atom. The third-order valence-corrected chi connectivity index (χ3v) is 5.13. The molecule has 0 aliphatic rings. The summed E-state index contributed by atoms with van der Waals surface area (Å²) < 4.78 is 0. The fourth-order valence-electron chi connectivity index (χ4n) is 3.61. The third-order valence-electron chi connectivity index (χ3n) is 5.13. The molecule has 1 atom stereocenters. The van der Waals surface area contributed by atoms with Crippen molar-refractivity contribution >= 4 is 23.2 Å². The van der Waals surface area contributed by atoms with E-state index >= 15 is 0 Å². The summed E-state index contributed by atoms with van der Waals surface area (Å²) in [5, 5.41) is 6.00. The average Bonchev–Trinajstić information content (AvgIpc) is 2.76. The molecular formula is C26H30N3O2+. The lowest BCUT2D eigenvalue weighted by Crippen LogP contribution is -3.14. The molecule has 0 bridgehead atoms. The smallest absolute Gasteiger partial charge is 0.279 e. The zero-order valence-electron chi connectivity index (χ0n) is 18.2. The summed E-state index contributed by atoms with van der Waals surface area (Å²) in [7, 11) is 0. The number of anilines is 2. The Hall–Kier alpha value is -3.44. The van der Waals surface area contributed by atoms with Crippen molar-refractivity contribution in [1.82, 2.24) is 0 Å². The van der Waals surface area contributed by atoms with Crippen LogP contribution in [-0.4, -0.2) is 31.4 Å². The third kappa shape index (κ3) is 6.52. The lowest BCUT2D eigenvalue weighted by Gasteiger charge is -2.19. The highest BCUT2D eigenvalue weighted by molar-refractivity contribution is 5.96. The van der Waals surface area contributed by atoms with Crippen LogP contribution in [0.25, 0.3) is 11.1 Å². The number of para-hydroxylation sites is 2. The van der Waals surface area contributed by atoms with Gasteiger partial charge in [0, 0.05) is 16.9 Å². The molecule has 3 N–H and O–H groups in total. The molecule has 3 aromatic carbocycles. The fraction of sp³-hybridized carbons (Fsp3) is 0.231. The lowest BCUT2D eigenvalue weighted by atomic mass is 10.0. The first kappa shape index (κ1) is 22.2. The molecule has 31 heavy (non-hydrogen) atoms. The second-order valence-corrected chi connectivity index (χ2v) is 7.68. The van der Waals surface area contributed by atoms with Crippen LogP contribution in [0.3, 0.4) is 0 Å². The molecule has 0 aromatic heterocycles. The van der Waals surface area contributed by atoms with Crippen LogP contribution in [0.1, 0.15) is 18.9 Å². The number of amides is 2. The van der Waals surface area contributed by atoms with Gasteiger partial charge >= 0.3 is 0 Å². The van der Waals surface area contributed by atoms with Crippen LogP contribution in [0.5, 0.6) is 0 Å². The van der Waals surface area contributed by atoms with Gasteiger partial charge in [-0.05, 0) is 36.6 Å². The molecule has 0 aliphatic heterocycles. The second-order valence-electron chi connectivity index (χ2n) is 7.68. The van der Waals surface area contributed by atoms with Gasteiger partial charge in [-0.2, -0.15) is 0 Å². The number of quaternary nitrogens is 1. The highest BCUT2D eigenvalue weighted by Crippen LogP contribution is 2.27. The molecule has 0 heterocycles. The van der Waals surface area contributed by atoms with Crippen LogP contribution in [-0.2, 0) is 9.59 Å². The van der Waals surface area contributed by atoms with E-state index in [4.69, 9.17) is 0 Å². The van der Waals surface area contributed by atoms with Crippen molar-refractivity contribution in [2.45, 2.75) is 20.3 Å². The highest BCUT2D eigenvalue weighted by atomic mass is 16.2. The molecule has 0 radical (unpaired) electrons. The van der Waals surface area contributed by atoms with Crippen molar-refractivity contribution in [3.63, 3.8) is 0 Å². The predicted molar refractivity (Wildman–Crippen MR) is 126 cm³/mol. The highest BCUT2D eigenvalue weighted by Gasteiger charge is 2.19. The van der Waals surface area contributed by atoms with Gasteiger partial charge in [0.2, 0.25) is 0 Å². The van der Waals surface area contributed by atoms with E-state index in [1.54, 1.807) is 0 Å². The van der Waals surface area contributed by atoms with Gasteiger partial charge in [-0.25, -0.2) is 0 Å². The minimum Gasteiger partial charge on any atom is -0.321 e. The Balaban J connectivity index is 1.64. The maximum atomic E-state index is 12.8. The largest absolute Gasteiger partial charge is 0.321 e. The van der Waals surface area contributed by atoms with Crippen molar-refractivity contribution in [1.29, 1.82) is 0 Å². The summed E-state index contributed by atoms with van der Waals surface area (Å²) in [6.45, 7) is 5.24. The average molecular weight is 417 g/mol. The van der Waals surface area contributed by atoms with E-state index in [2.05, 4.69) is 17.6 Å². The number of benzene rings is 3. The molecule has 0 spiro atoms. The van der Waals surface area contributed by atoms with Crippen LogP contribution in [0, 0.1) is 6.92 Å². The van der Waals surface area contributed by atoms with Crippen LogP contribution >= 0.6 is 0 Å². The van der Waals surface area contributed by atoms with E-state index in [-0.39, 0.29) is 24.9 Å². The van der Waals surface area contributed by atoms with Crippen LogP contribution in [0.2, 0.25) is 0 Å². The zero-order valence-corrected chi connectivity index (χ0v) is 18.2. The second kappa shape index (κ2) is 11.1. The van der Waals surface area contributed by atoms with Crippen LogP contribution in [0.15, 0.2) is 78.9 Å². The van der Waals surface area contributed by atoms with E-state index in [1.807, 2.05) is 85.8 Å². The maximum absolute atomic E-state index is 12.8. The standard InChI is InChI=1S/C26H29N3O2/c1-3-17-29(18-25(30)27-23-15-9-7-11-20(23)2)19-26(31)28-24-16-10-8-14-22(24)21-12-5-4-6-13-21/h4-16H,3,17-19H2,1-2H3,(H,27,30)(H,28,31)/p+1. The van der Waals surface area contributed by atoms with Crippen molar-refractivity contribution < 1.29 is 14.5 Å². The van der Waals surface area contributed by atoms with Gasteiger partial charge in [0.15, 0.2) is 13.1 Å². The van der Waals surface area contributed by atoms with Crippen LogP contribution < -0.4 is 15.5 Å². The number of aryl methyl sites for hydroxylation is 1. The molecule has 2 amide bonds. The van der Waals surface area contributed by atoms with Crippen LogP contribution in [0.4, 0.5) is 11.4 Å². The van der Waals surface area contributed by atoms with Gasteiger partial charge in [0.05, 0.1) is 6.54 Å². The summed E-state index contributed by atoms with van der Waals surface area (Å²) in [5.41, 5.74) is 4.63. The summed E-state index contributed by atoms with van der Waals surface area (Å²) in [6.07, 6.45) is 0.890. The van der Waals surface area contributed by atoms with Gasteiger partial charge in [0.1, 0.15) is 0 Å². The summed E-state index contributed by atoms with van der Waals surface area (Å²) in [6, 6.07) is 25.4. The fourth-order valence-corrected chi connectivity index (χ4v) is 3.61. The Morgan fingerprint density at radius 3 is 1.94 bits per heavy atom. The topological polar surface area (TPSA) is 62.6 Å². The molecule has 1 unspecified atom stereocenters. The van der Waals surface area contributed by atoms with Crippen molar-refractivity contribution in [3.8, 4) is 11.1 Å². The number of carbonyl (C=O) groups excluding carboxylic acids is 2. The van der Waals surface area contributed by atoms with E-state index in [0.717, 1.165) is 45.9 Å². The van der Waals surface area contributed by atoms with E-state index < -0.39 is 0 Å². The molecule has 0 saturated carbocycles. The Labute approximate surface area is 184 Å². The lowest BCUT2D eigenvalue weighted by molar-refractivity contribution is -0.883. The number of hydrogen-bond acceptors (Lipinski definition) is 2.